The first-order valence-electron chi connectivity index (χ1n) is 8.72. The summed E-state index contributed by atoms with van der Waals surface area (Å²) in [5.74, 6) is 0.0926. The Morgan fingerprint density at radius 2 is 2.08 bits per heavy atom. The molecule has 2 heterocycles. The van der Waals surface area contributed by atoms with E-state index in [2.05, 4.69) is 16.3 Å². The third-order valence-corrected chi connectivity index (χ3v) is 4.89. The molecule has 0 aliphatic carbocycles. The lowest BCUT2D eigenvalue weighted by Gasteiger charge is -2.36. The van der Waals surface area contributed by atoms with Crippen LogP contribution in [0.25, 0.3) is 0 Å². The highest BCUT2D eigenvalue weighted by Gasteiger charge is 2.27. The maximum absolute atomic E-state index is 12.7. The average molecular weight is 367 g/mol. The number of hydrogen-bond donors (Lipinski definition) is 2. The van der Waals surface area contributed by atoms with Crippen LogP contribution in [0, 0.1) is 0 Å². The van der Waals surface area contributed by atoms with Gasteiger partial charge in [-0.1, -0.05) is 6.07 Å². The van der Waals surface area contributed by atoms with Crippen LogP contribution in [0.4, 0.5) is 11.4 Å². The van der Waals surface area contributed by atoms with Crippen LogP contribution in [0.5, 0.6) is 0 Å². The normalized spacial score (nSPS) is 19.6. The van der Waals surface area contributed by atoms with E-state index >= 15 is 0 Å². The van der Waals surface area contributed by atoms with E-state index in [9.17, 15) is 9.59 Å². The molecule has 1 unspecified atom stereocenters. The predicted octanol–water partition coefficient (Wildman–Crippen LogP) is 1.57. The minimum atomic E-state index is -0.0327. The van der Waals surface area contributed by atoms with Crippen LogP contribution in [-0.4, -0.2) is 48.9 Å². The highest BCUT2D eigenvalue weighted by Crippen LogP contribution is 2.31. The Balaban J connectivity index is 0.00000225. The van der Waals surface area contributed by atoms with Crippen LogP contribution >= 0.6 is 12.4 Å². The molecule has 1 atom stereocenters. The van der Waals surface area contributed by atoms with Gasteiger partial charge in [-0.05, 0) is 43.4 Å². The monoisotopic (exact) mass is 366 g/mol. The van der Waals surface area contributed by atoms with Gasteiger partial charge >= 0.3 is 0 Å². The van der Waals surface area contributed by atoms with Crippen molar-refractivity contribution in [3.8, 4) is 0 Å². The van der Waals surface area contributed by atoms with Crippen molar-refractivity contribution < 1.29 is 9.59 Å². The van der Waals surface area contributed by atoms with Crippen molar-refractivity contribution in [2.45, 2.75) is 38.6 Å². The number of benzene rings is 1. The molecule has 0 bridgehead atoms. The molecule has 1 saturated heterocycles. The summed E-state index contributed by atoms with van der Waals surface area (Å²) in [6, 6.07) is 6.00. The molecule has 3 rings (SSSR count). The minimum Gasteiger partial charge on any atom is -0.398 e. The predicted molar refractivity (Wildman–Crippen MR) is 102 cm³/mol. The van der Waals surface area contributed by atoms with Crippen molar-refractivity contribution in [1.29, 1.82) is 0 Å². The molecule has 0 spiro atoms. The van der Waals surface area contributed by atoms with E-state index in [1.54, 1.807) is 0 Å². The van der Waals surface area contributed by atoms with Crippen molar-refractivity contribution in [3.05, 3.63) is 23.8 Å². The molecule has 1 aromatic carbocycles. The number of nitrogens with one attached hydrogen (secondary N) is 1. The standard InChI is InChI=1S/C18H26N4O2.ClH/c1-13(23)20-14-5-3-10-22(11-14)18(24)12-21-9-4-6-15-16(19)7-2-8-17(15)21;/h2,7-8,14H,3-6,9-12,19H2,1H3,(H,20,23);1H. The summed E-state index contributed by atoms with van der Waals surface area (Å²) < 4.78 is 0. The molecule has 0 aromatic heterocycles. The number of anilines is 2. The number of nitrogens with two attached hydrogens (primary N) is 1. The molecule has 25 heavy (non-hydrogen) atoms. The van der Waals surface area contributed by atoms with Crippen molar-refractivity contribution in [2.24, 2.45) is 0 Å². The number of rotatable bonds is 3. The molecule has 3 N–H and O–H groups in total. The fourth-order valence-corrected chi connectivity index (χ4v) is 3.76. The lowest BCUT2D eigenvalue weighted by atomic mass is 9.99. The molecule has 6 nitrogen and oxygen atoms in total. The summed E-state index contributed by atoms with van der Waals surface area (Å²) in [6.07, 6.45) is 3.86. The molecule has 2 aliphatic rings. The quantitative estimate of drug-likeness (QED) is 0.796. The van der Waals surface area contributed by atoms with E-state index in [-0.39, 0.29) is 30.3 Å². The van der Waals surface area contributed by atoms with Crippen molar-refractivity contribution in [3.63, 3.8) is 0 Å². The summed E-state index contributed by atoms with van der Waals surface area (Å²) in [5.41, 5.74) is 9.14. The summed E-state index contributed by atoms with van der Waals surface area (Å²) >= 11 is 0. The van der Waals surface area contributed by atoms with Gasteiger partial charge in [-0.15, -0.1) is 12.4 Å². The zero-order valence-corrected chi connectivity index (χ0v) is 15.5. The summed E-state index contributed by atoms with van der Waals surface area (Å²) in [6.45, 7) is 4.16. The second kappa shape index (κ2) is 8.43. The van der Waals surface area contributed by atoms with Gasteiger partial charge in [0, 0.05) is 44.0 Å². The average Bonchev–Trinajstić information content (AvgIpc) is 2.55. The molecular weight excluding hydrogens is 340 g/mol. The summed E-state index contributed by atoms with van der Waals surface area (Å²) in [7, 11) is 0. The van der Waals surface area contributed by atoms with E-state index in [4.69, 9.17) is 5.73 Å². The van der Waals surface area contributed by atoms with Gasteiger partial charge in [-0.25, -0.2) is 0 Å². The Morgan fingerprint density at radius 3 is 2.84 bits per heavy atom. The second-order valence-corrected chi connectivity index (χ2v) is 6.75. The molecule has 1 aromatic rings. The molecular formula is C18H27ClN4O2. The van der Waals surface area contributed by atoms with E-state index in [1.165, 1.54) is 6.92 Å². The first-order valence-corrected chi connectivity index (χ1v) is 8.72. The molecule has 2 amide bonds. The number of piperidine rings is 1. The number of fused-ring (bicyclic) bond motifs is 1. The topological polar surface area (TPSA) is 78.7 Å². The number of halogens is 1. The zero-order valence-electron chi connectivity index (χ0n) is 14.7. The van der Waals surface area contributed by atoms with Gasteiger partial charge in [0.2, 0.25) is 11.8 Å². The fraction of sp³-hybridized carbons (Fsp3) is 0.556. The third-order valence-electron chi connectivity index (χ3n) is 4.89. The van der Waals surface area contributed by atoms with Crippen LogP contribution in [0.1, 0.15) is 31.7 Å². The summed E-state index contributed by atoms with van der Waals surface area (Å²) in [5, 5.41) is 2.93. The van der Waals surface area contributed by atoms with Gasteiger partial charge in [-0.2, -0.15) is 0 Å². The number of carbonyl (C=O) groups is 2. The summed E-state index contributed by atoms with van der Waals surface area (Å²) in [4.78, 5) is 28.0. The number of carbonyl (C=O) groups excluding carboxylic acids is 2. The number of likely N-dealkylation sites (tertiary alicyclic amines) is 1. The van der Waals surface area contributed by atoms with E-state index in [1.807, 2.05) is 17.0 Å². The van der Waals surface area contributed by atoms with Crippen LogP contribution in [-0.2, 0) is 16.0 Å². The van der Waals surface area contributed by atoms with Crippen molar-refractivity contribution in [1.82, 2.24) is 10.2 Å². The Hall–Kier alpha value is -1.95. The van der Waals surface area contributed by atoms with Gasteiger partial charge in [0.25, 0.3) is 0 Å². The van der Waals surface area contributed by atoms with Crippen molar-refractivity contribution >= 4 is 35.6 Å². The van der Waals surface area contributed by atoms with Crippen LogP contribution in [0.2, 0.25) is 0 Å². The van der Waals surface area contributed by atoms with E-state index < -0.39 is 0 Å². The number of hydrogen-bond acceptors (Lipinski definition) is 4. The van der Waals surface area contributed by atoms with Gasteiger partial charge < -0.3 is 20.9 Å². The molecule has 1 fully saturated rings. The van der Waals surface area contributed by atoms with E-state index in [0.29, 0.717) is 13.1 Å². The Morgan fingerprint density at radius 1 is 1.28 bits per heavy atom. The fourth-order valence-electron chi connectivity index (χ4n) is 3.76. The maximum atomic E-state index is 12.7. The first kappa shape index (κ1) is 19.4. The lowest BCUT2D eigenvalue weighted by molar-refractivity contribution is -0.132. The van der Waals surface area contributed by atoms with Crippen LogP contribution < -0.4 is 16.0 Å². The van der Waals surface area contributed by atoms with Crippen LogP contribution in [0.15, 0.2) is 18.2 Å². The SMILES string of the molecule is CC(=O)NC1CCCN(C(=O)CN2CCCc3c(N)cccc32)C1.Cl. The molecule has 0 radical (unpaired) electrons. The lowest BCUT2D eigenvalue weighted by Crippen LogP contribution is -2.51. The molecule has 138 valence electrons. The minimum absolute atomic E-state index is 0. The highest BCUT2D eigenvalue weighted by atomic mass is 35.5. The van der Waals surface area contributed by atoms with Gasteiger partial charge in [-0.3, -0.25) is 9.59 Å². The maximum Gasteiger partial charge on any atom is 0.242 e. The van der Waals surface area contributed by atoms with Crippen molar-refractivity contribution in [2.75, 3.05) is 36.8 Å². The number of nitrogens with zero attached hydrogens (tertiary/aromatic N) is 2. The Bertz CT molecular complexity index is 638. The number of nitrogen functional groups attached to an aromatic ring is 1. The van der Waals surface area contributed by atoms with Gasteiger partial charge in [0.15, 0.2) is 0 Å². The van der Waals surface area contributed by atoms with Gasteiger partial charge in [0.05, 0.1) is 6.54 Å². The van der Waals surface area contributed by atoms with E-state index in [0.717, 1.165) is 55.7 Å². The van der Waals surface area contributed by atoms with Gasteiger partial charge in [0.1, 0.15) is 0 Å². The first-order chi connectivity index (χ1) is 11.5. The number of amides is 2. The van der Waals surface area contributed by atoms with Crippen LogP contribution in [0.3, 0.4) is 0 Å². The zero-order chi connectivity index (χ0) is 17.1. The molecule has 7 heteroatoms. The largest absolute Gasteiger partial charge is 0.398 e. The second-order valence-electron chi connectivity index (χ2n) is 6.75. The highest BCUT2D eigenvalue weighted by molar-refractivity contribution is 5.85. The smallest absolute Gasteiger partial charge is 0.242 e. The Labute approximate surface area is 155 Å². The molecule has 2 aliphatic heterocycles. The Kier molecular flexibility index (Phi) is 6.53. The molecule has 0 saturated carbocycles. The third kappa shape index (κ3) is 4.57.